The van der Waals surface area contributed by atoms with Crippen LogP contribution in [0.15, 0.2) is 23.7 Å². The highest BCUT2D eigenvalue weighted by molar-refractivity contribution is 7.98. The predicted octanol–water partition coefficient (Wildman–Crippen LogP) is 0.971. The number of rotatable bonds is 5. The predicted molar refractivity (Wildman–Crippen MR) is 62.4 cm³/mol. The fourth-order valence-corrected chi connectivity index (χ4v) is 1.59. The molecule has 0 atom stereocenters. The zero-order valence-corrected chi connectivity index (χ0v) is 9.66. The van der Waals surface area contributed by atoms with Gasteiger partial charge >= 0.3 is 0 Å². The van der Waals surface area contributed by atoms with E-state index in [1.165, 1.54) is 6.33 Å². The Balaban J connectivity index is 1.85. The standard InChI is InChI=1S/C9H12N6S/c1-16-9-4-8(11-5-13-9)10-3-2-7-12-6-14-15-7/h4-6H,2-3H2,1H3,(H,10,11,13)(H,12,14,15). The molecule has 2 rings (SSSR count). The number of thioether (sulfide) groups is 1. The van der Waals surface area contributed by atoms with Crippen molar-refractivity contribution in [2.75, 3.05) is 18.1 Å². The average Bonchev–Trinajstić information content (AvgIpc) is 2.82. The lowest BCUT2D eigenvalue weighted by molar-refractivity contribution is 0.893. The van der Waals surface area contributed by atoms with Crippen molar-refractivity contribution in [1.29, 1.82) is 0 Å². The molecule has 7 heteroatoms. The Bertz CT molecular complexity index is 429. The molecule has 2 heterocycles. The Morgan fingerprint density at radius 2 is 2.25 bits per heavy atom. The highest BCUT2D eigenvalue weighted by Gasteiger charge is 1.98. The Morgan fingerprint density at radius 1 is 1.31 bits per heavy atom. The van der Waals surface area contributed by atoms with Gasteiger partial charge in [-0.3, -0.25) is 5.10 Å². The summed E-state index contributed by atoms with van der Waals surface area (Å²) in [6, 6.07) is 1.92. The van der Waals surface area contributed by atoms with Crippen LogP contribution in [-0.4, -0.2) is 37.9 Å². The summed E-state index contributed by atoms with van der Waals surface area (Å²) in [7, 11) is 0. The Labute approximate surface area is 97.3 Å². The third-order valence-corrected chi connectivity index (χ3v) is 2.63. The molecule has 0 spiro atoms. The van der Waals surface area contributed by atoms with E-state index < -0.39 is 0 Å². The number of aromatic nitrogens is 5. The topological polar surface area (TPSA) is 79.4 Å². The Hall–Kier alpha value is -1.63. The summed E-state index contributed by atoms with van der Waals surface area (Å²) >= 11 is 1.59. The number of nitrogens with one attached hydrogen (secondary N) is 2. The van der Waals surface area contributed by atoms with Gasteiger partial charge in [-0.1, -0.05) is 0 Å². The largest absolute Gasteiger partial charge is 0.369 e. The first kappa shape index (κ1) is 10.9. The van der Waals surface area contributed by atoms with E-state index >= 15 is 0 Å². The first-order valence-electron chi connectivity index (χ1n) is 4.82. The molecule has 0 bridgehead atoms. The molecule has 0 aliphatic heterocycles. The van der Waals surface area contributed by atoms with Gasteiger partial charge in [-0.15, -0.1) is 11.8 Å². The van der Waals surface area contributed by atoms with Gasteiger partial charge in [0.05, 0.1) is 0 Å². The number of nitrogens with zero attached hydrogens (tertiary/aromatic N) is 4. The van der Waals surface area contributed by atoms with Gasteiger partial charge in [-0.2, -0.15) is 5.10 Å². The van der Waals surface area contributed by atoms with Crippen LogP contribution >= 0.6 is 11.8 Å². The molecule has 0 fully saturated rings. The SMILES string of the molecule is CSc1cc(NCCc2ncn[nH]2)ncn1. The van der Waals surface area contributed by atoms with Crippen LogP contribution < -0.4 is 5.32 Å². The molecule has 6 nitrogen and oxygen atoms in total. The van der Waals surface area contributed by atoms with Gasteiger partial charge in [0.1, 0.15) is 29.3 Å². The summed E-state index contributed by atoms with van der Waals surface area (Å²) < 4.78 is 0. The molecular formula is C9H12N6S. The second-order valence-electron chi connectivity index (χ2n) is 3.05. The molecule has 84 valence electrons. The summed E-state index contributed by atoms with van der Waals surface area (Å²) in [5, 5.41) is 10.8. The molecule has 0 saturated heterocycles. The Kier molecular flexibility index (Phi) is 3.71. The maximum Gasteiger partial charge on any atom is 0.137 e. The number of aromatic amines is 1. The lowest BCUT2D eigenvalue weighted by atomic mass is 10.4. The van der Waals surface area contributed by atoms with E-state index in [4.69, 9.17) is 0 Å². The van der Waals surface area contributed by atoms with Crippen LogP contribution in [0.4, 0.5) is 5.82 Å². The second-order valence-corrected chi connectivity index (χ2v) is 3.88. The van der Waals surface area contributed by atoms with Gasteiger partial charge in [-0.25, -0.2) is 15.0 Å². The van der Waals surface area contributed by atoms with Crippen LogP contribution in [0.5, 0.6) is 0 Å². The highest BCUT2D eigenvalue weighted by Crippen LogP contribution is 2.13. The van der Waals surface area contributed by atoms with Crippen molar-refractivity contribution < 1.29 is 0 Å². The first-order chi connectivity index (χ1) is 7.88. The summed E-state index contributed by atoms with van der Waals surface area (Å²) in [5.41, 5.74) is 0. The van der Waals surface area contributed by atoms with E-state index in [-0.39, 0.29) is 0 Å². The Morgan fingerprint density at radius 3 is 3.00 bits per heavy atom. The molecule has 0 radical (unpaired) electrons. The molecule has 16 heavy (non-hydrogen) atoms. The molecule has 0 unspecified atom stereocenters. The minimum atomic E-state index is 0.764. The summed E-state index contributed by atoms with van der Waals surface area (Å²) in [6.07, 6.45) is 5.84. The molecule has 2 aromatic rings. The number of hydrogen-bond acceptors (Lipinski definition) is 6. The minimum absolute atomic E-state index is 0.764. The fraction of sp³-hybridized carbons (Fsp3) is 0.333. The van der Waals surface area contributed by atoms with Gasteiger partial charge in [0, 0.05) is 19.0 Å². The normalized spacial score (nSPS) is 10.3. The van der Waals surface area contributed by atoms with Crippen molar-refractivity contribution >= 4 is 17.6 Å². The molecule has 0 aliphatic carbocycles. The van der Waals surface area contributed by atoms with E-state index in [1.54, 1.807) is 18.1 Å². The van der Waals surface area contributed by atoms with E-state index in [1.807, 2.05) is 12.3 Å². The maximum atomic E-state index is 4.12. The van der Waals surface area contributed by atoms with Gasteiger partial charge in [-0.05, 0) is 6.26 Å². The first-order valence-corrected chi connectivity index (χ1v) is 6.05. The van der Waals surface area contributed by atoms with E-state index in [0.29, 0.717) is 0 Å². The van der Waals surface area contributed by atoms with Crippen molar-refractivity contribution in [2.45, 2.75) is 11.4 Å². The quantitative estimate of drug-likeness (QED) is 0.595. The number of anilines is 1. The van der Waals surface area contributed by atoms with Gasteiger partial charge < -0.3 is 5.32 Å². The molecule has 2 N–H and O–H groups in total. The van der Waals surface area contributed by atoms with Crippen LogP contribution in [0.2, 0.25) is 0 Å². The van der Waals surface area contributed by atoms with Crippen LogP contribution in [0.1, 0.15) is 5.82 Å². The van der Waals surface area contributed by atoms with Crippen molar-refractivity contribution in [3.8, 4) is 0 Å². The summed E-state index contributed by atoms with van der Waals surface area (Å²) in [6.45, 7) is 0.764. The average molecular weight is 236 g/mol. The monoisotopic (exact) mass is 236 g/mol. The van der Waals surface area contributed by atoms with Crippen molar-refractivity contribution in [2.24, 2.45) is 0 Å². The maximum absolute atomic E-state index is 4.12. The van der Waals surface area contributed by atoms with E-state index in [2.05, 4.69) is 30.5 Å². The number of H-pyrrole nitrogens is 1. The van der Waals surface area contributed by atoms with Crippen molar-refractivity contribution in [1.82, 2.24) is 25.1 Å². The number of hydrogen-bond donors (Lipinski definition) is 2. The third kappa shape index (κ3) is 2.93. The molecule has 0 amide bonds. The minimum Gasteiger partial charge on any atom is -0.369 e. The van der Waals surface area contributed by atoms with E-state index in [0.717, 1.165) is 29.6 Å². The molecular weight excluding hydrogens is 224 g/mol. The highest BCUT2D eigenvalue weighted by atomic mass is 32.2. The molecule has 0 aromatic carbocycles. The fourth-order valence-electron chi connectivity index (χ4n) is 1.21. The van der Waals surface area contributed by atoms with Crippen molar-refractivity contribution in [3.05, 3.63) is 24.5 Å². The second kappa shape index (κ2) is 5.45. The van der Waals surface area contributed by atoms with Gasteiger partial charge in [0.25, 0.3) is 0 Å². The van der Waals surface area contributed by atoms with E-state index in [9.17, 15) is 0 Å². The molecule has 2 aromatic heterocycles. The third-order valence-electron chi connectivity index (χ3n) is 1.98. The van der Waals surface area contributed by atoms with Crippen molar-refractivity contribution in [3.63, 3.8) is 0 Å². The summed E-state index contributed by atoms with van der Waals surface area (Å²) in [4.78, 5) is 12.3. The van der Waals surface area contributed by atoms with Crippen LogP contribution in [-0.2, 0) is 6.42 Å². The van der Waals surface area contributed by atoms with Crippen LogP contribution in [0, 0.1) is 0 Å². The zero-order valence-electron chi connectivity index (χ0n) is 8.84. The van der Waals surface area contributed by atoms with Gasteiger partial charge in [0.15, 0.2) is 0 Å². The molecule has 0 saturated carbocycles. The van der Waals surface area contributed by atoms with Crippen LogP contribution in [0.3, 0.4) is 0 Å². The lowest BCUT2D eigenvalue weighted by Gasteiger charge is -2.04. The van der Waals surface area contributed by atoms with Gasteiger partial charge in [0.2, 0.25) is 0 Å². The zero-order chi connectivity index (χ0) is 11.2. The van der Waals surface area contributed by atoms with Crippen LogP contribution in [0.25, 0.3) is 0 Å². The lowest BCUT2D eigenvalue weighted by Crippen LogP contribution is -2.07. The summed E-state index contributed by atoms with van der Waals surface area (Å²) in [5.74, 6) is 1.70. The molecule has 0 aliphatic rings. The smallest absolute Gasteiger partial charge is 0.137 e.